The number of hydrogen-bond donors (Lipinski definition) is 1. The van der Waals surface area contributed by atoms with Crippen molar-refractivity contribution in [2.45, 2.75) is 44.9 Å². The average Bonchev–Trinajstić information content (AvgIpc) is 2.47. The molecule has 1 aromatic carbocycles. The van der Waals surface area contributed by atoms with Crippen LogP contribution in [0.5, 0.6) is 5.75 Å². The first kappa shape index (κ1) is 14.8. The second-order valence-electron chi connectivity index (χ2n) is 6.43. The predicted octanol–water partition coefficient (Wildman–Crippen LogP) is 2.15. The molecular weight excluding hydrogens is 266 g/mol. The molecule has 0 spiro atoms. The Bertz CT molecular complexity index is 509. The minimum Gasteiger partial charge on any atom is -0.485 e. The van der Waals surface area contributed by atoms with Crippen molar-refractivity contribution in [1.29, 1.82) is 0 Å². The second-order valence-corrected chi connectivity index (χ2v) is 6.43. The summed E-state index contributed by atoms with van der Waals surface area (Å²) in [5.41, 5.74) is 1.67. The van der Waals surface area contributed by atoms with Gasteiger partial charge in [0.25, 0.3) is 0 Å². The van der Waals surface area contributed by atoms with E-state index in [0.29, 0.717) is 0 Å². The number of para-hydroxylation sites is 1. The van der Waals surface area contributed by atoms with Crippen molar-refractivity contribution in [2.24, 2.45) is 0 Å². The molecule has 116 valence electrons. The van der Waals surface area contributed by atoms with Gasteiger partial charge in [-0.15, -0.1) is 0 Å². The maximum atomic E-state index is 11.0. The molecule has 2 atom stereocenters. The van der Waals surface area contributed by atoms with Gasteiger partial charge in [0.15, 0.2) is 0 Å². The maximum absolute atomic E-state index is 11.0. The van der Waals surface area contributed by atoms with Crippen LogP contribution < -0.4 is 4.74 Å². The molecule has 1 fully saturated rings. The van der Waals surface area contributed by atoms with Crippen LogP contribution >= 0.6 is 0 Å². The number of aliphatic hydroxyl groups is 1. The standard InChI is InChI=1S/C17H25NO3/c1-4-12-6-5-7-13-14(19)16(17(2,3)21-15(12)13)18-8-10-20-11-9-18/h5-7,14,16,19H,4,8-11H2,1-3H3. The van der Waals surface area contributed by atoms with Gasteiger partial charge in [-0.1, -0.05) is 25.1 Å². The number of hydrogen-bond acceptors (Lipinski definition) is 4. The van der Waals surface area contributed by atoms with Crippen molar-refractivity contribution in [1.82, 2.24) is 4.90 Å². The molecule has 1 aromatic rings. The summed E-state index contributed by atoms with van der Waals surface area (Å²) in [5, 5.41) is 11.0. The summed E-state index contributed by atoms with van der Waals surface area (Å²) in [6.45, 7) is 9.40. The van der Waals surface area contributed by atoms with Crippen molar-refractivity contribution in [3.8, 4) is 5.75 Å². The van der Waals surface area contributed by atoms with Gasteiger partial charge in [-0.2, -0.15) is 0 Å². The van der Waals surface area contributed by atoms with Gasteiger partial charge < -0.3 is 14.6 Å². The monoisotopic (exact) mass is 291 g/mol. The first-order valence-corrected chi connectivity index (χ1v) is 7.85. The molecule has 0 saturated carbocycles. The Morgan fingerprint density at radius 3 is 2.67 bits per heavy atom. The Kier molecular flexibility index (Phi) is 3.95. The van der Waals surface area contributed by atoms with E-state index in [9.17, 15) is 5.11 Å². The Morgan fingerprint density at radius 2 is 2.00 bits per heavy atom. The average molecular weight is 291 g/mol. The quantitative estimate of drug-likeness (QED) is 0.906. The first-order chi connectivity index (χ1) is 10.0. The van der Waals surface area contributed by atoms with E-state index in [2.05, 4.69) is 31.7 Å². The van der Waals surface area contributed by atoms with E-state index in [1.807, 2.05) is 12.1 Å². The minimum absolute atomic E-state index is 0.0407. The van der Waals surface area contributed by atoms with E-state index in [-0.39, 0.29) is 6.04 Å². The Balaban J connectivity index is 1.99. The first-order valence-electron chi connectivity index (χ1n) is 7.85. The lowest BCUT2D eigenvalue weighted by Crippen LogP contribution is -2.60. The topological polar surface area (TPSA) is 41.9 Å². The van der Waals surface area contributed by atoms with Gasteiger partial charge in [-0.25, -0.2) is 0 Å². The highest BCUT2D eigenvalue weighted by Gasteiger charge is 2.47. The molecule has 2 unspecified atom stereocenters. The van der Waals surface area contributed by atoms with Gasteiger partial charge >= 0.3 is 0 Å². The molecule has 2 aliphatic rings. The molecule has 2 aliphatic heterocycles. The minimum atomic E-state index is -0.520. The van der Waals surface area contributed by atoms with E-state index >= 15 is 0 Å². The highest BCUT2D eigenvalue weighted by molar-refractivity contribution is 5.46. The Labute approximate surface area is 126 Å². The fourth-order valence-electron chi connectivity index (χ4n) is 3.61. The zero-order chi connectivity index (χ0) is 15.0. The van der Waals surface area contributed by atoms with Crippen molar-refractivity contribution < 1.29 is 14.6 Å². The van der Waals surface area contributed by atoms with Crippen molar-refractivity contribution in [2.75, 3.05) is 26.3 Å². The van der Waals surface area contributed by atoms with Crippen LogP contribution in [0.3, 0.4) is 0 Å². The number of aliphatic hydroxyl groups excluding tert-OH is 1. The molecule has 0 bridgehead atoms. The van der Waals surface area contributed by atoms with Crippen molar-refractivity contribution >= 4 is 0 Å². The largest absolute Gasteiger partial charge is 0.485 e. The van der Waals surface area contributed by atoms with Crippen molar-refractivity contribution in [3.63, 3.8) is 0 Å². The molecule has 2 heterocycles. The third-order valence-corrected chi connectivity index (χ3v) is 4.64. The molecule has 21 heavy (non-hydrogen) atoms. The van der Waals surface area contributed by atoms with E-state index in [4.69, 9.17) is 9.47 Å². The van der Waals surface area contributed by atoms with Crippen LogP contribution in [0.1, 0.15) is 38.0 Å². The van der Waals surface area contributed by atoms with Crippen LogP contribution in [0.25, 0.3) is 0 Å². The van der Waals surface area contributed by atoms with Crippen LogP contribution in [0.4, 0.5) is 0 Å². The molecule has 4 nitrogen and oxygen atoms in total. The number of nitrogens with zero attached hydrogens (tertiary/aromatic N) is 1. The van der Waals surface area contributed by atoms with E-state index in [1.165, 1.54) is 5.56 Å². The number of ether oxygens (including phenoxy) is 2. The highest BCUT2D eigenvalue weighted by atomic mass is 16.5. The number of fused-ring (bicyclic) bond motifs is 1. The molecule has 1 saturated heterocycles. The third kappa shape index (κ3) is 2.56. The lowest BCUT2D eigenvalue weighted by Gasteiger charge is -2.49. The zero-order valence-electron chi connectivity index (χ0n) is 13.1. The van der Waals surface area contributed by atoms with Gasteiger partial charge in [-0.3, -0.25) is 4.90 Å². The van der Waals surface area contributed by atoms with Crippen LogP contribution in [-0.4, -0.2) is 48.0 Å². The van der Waals surface area contributed by atoms with Gasteiger partial charge in [0.1, 0.15) is 17.5 Å². The van der Waals surface area contributed by atoms with Gasteiger partial charge in [-0.05, 0) is 25.8 Å². The Morgan fingerprint density at radius 1 is 1.29 bits per heavy atom. The summed E-state index contributed by atoms with van der Waals surface area (Å²) in [7, 11) is 0. The summed E-state index contributed by atoms with van der Waals surface area (Å²) in [5.74, 6) is 0.877. The molecule has 0 aromatic heterocycles. The summed E-state index contributed by atoms with van der Waals surface area (Å²) in [6.07, 6.45) is 0.391. The van der Waals surface area contributed by atoms with E-state index in [0.717, 1.165) is 44.0 Å². The van der Waals surface area contributed by atoms with Gasteiger partial charge in [0, 0.05) is 18.7 Å². The lowest BCUT2D eigenvalue weighted by molar-refractivity contribution is -0.107. The molecular formula is C17H25NO3. The highest BCUT2D eigenvalue weighted by Crippen LogP contribution is 2.44. The number of benzene rings is 1. The summed E-state index contributed by atoms with van der Waals surface area (Å²) in [4.78, 5) is 2.30. The van der Waals surface area contributed by atoms with E-state index < -0.39 is 11.7 Å². The SMILES string of the molecule is CCc1cccc2c1OC(C)(C)C(N1CCOCC1)C2O. The molecule has 0 aliphatic carbocycles. The smallest absolute Gasteiger partial charge is 0.129 e. The third-order valence-electron chi connectivity index (χ3n) is 4.64. The predicted molar refractivity (Wildman–Crippen MR) is 81.7 cm³/mol. The summed E-state index contributed by atoms with van der Waals surface area (Å²) >= 11 is 0. The molecule has 1 N–H and O–H groups in total. The van der Waals surface area contributed by atoms with Crippen LogP contribution in [0.15, 0.2) is 18.2 Å². The van der Waals surface area contributed by atoms with Crippen LogP contribution in [0, 0.1) is 0 Å². The molecule has 3 rings (SSSR count). The zero-order valence-corrected chi connectivity index (χ0v) is 13.1. The van der Waals surface area contributed by atoms with Crippen molar-refractivity contribution in [3.05, 3.63) is 29.3 Å². The maximum Gasteiger partial charge on any atom is 0.129 e. The second kappa shape index (κ2) is 5.59. The molecule has 0 amide bonds. The van der Waals surface area contributed by atoms with Crippen LogP contribution in [-0.2, 0) is 11.2 Å². The van der Waals surface area contributed by atoms with Gasteiger partial charge in [0.2, 0.25) is 0 Å². The van der Waals surface area contributed by atoms with E-state index in [1.54, 1.807) is 0 Å². The summed E-state index contributed by atoms with van der Waals surface area (Å²) in [6, 6.07) is 6.04. The Hall–Kier alpha value is -1.10. The molecule has 4 heteroatoms. The number of aryl methyl sites for hydroxylation is 1. The van der Waals surface area contributed by atoms with Gasteiger partial charge in [0.05, 0.1) is 19.3 Å². The molecule has 0 radical (unpaired) electrons. The van der Waals surface area contributed by atoms with Crippen LogP contribution in [0.2, 0.25) is 0 Å². The fourth-order valence-corrected chi connectivity index (χ4v) is 3.61. The fraction of sp³-hybridized carbons (Fsp3) is 0.647. The number of rotatable bonds is 2. The lowest BCUT2D eigenvalue weighted by atomic mass is 9.83. The normalized spacial score (nSPS) is 28.8. The summed E-state index contributed by atoms with van der Waals surface area (Å²) < 4.78 is 11.8. The number of morpholine rings is 1.